The van der Waals surface area contributed by atoms with E-state index in [1.165, 1.54) is 0 Å². The van der Waals surface area contributed by atoms with Gasteiger partial charge in [0.25, 0.3) is 0 Å². The fourth-order valence-corrected chi connectivity index (χ4v) is 1.82. The molecule has 4 nitrogen and oxygen atoms in total. The van der Waals surface area contributed by atoms with Crippen LogP contribution < -0.4 is 0 Å². The smallest absolute Gasteiger partial charge is 0.328 e. The van der Waals surface area contributed by atoms with Crippen LogP contribution in [0.15, 0.2) is 47.2 Å². The van der Waals surface area contributed by atoms with E-state index in [-0.39, 0.29) is 0 Å². The molecule has 2 aromatic rings. The molecule has 0 aliphatic carbocycles. The summed E-state index contributed by atoms with van der Waals surface area (Å²) in [6, 6.07) is 7.41. The molecule has 1 aromatic carbocycles. The van der Waals surface area contributed by atoms with Crippen molar-refractivity contribution >= 4 is 28.0 Å². The van der Waals surface area contributed by atoms with Gasteiger partial charge < -0.3 is 5.11 Å². The van der Waals surface area contributed by atoms with Crippen LogP contribution in [0.2, 0.25) is 0 Å². The van der Waals surface area contributed by atoms with E-state index >= 15 is 0 Å². The minimum Gasteiger partial charge on any atom is -0.478 e. The first kappa shape index (κ1) is 11.6. The Morgan fingerprint density at radius 3 is 2.94 bits per heavy atom. The van der Waals surface area contributed by atoms with Gasteiger partial charge in [-0.05, 0) is 30.3 Å². The molecule has 86 valence electrons. The first-order chi connectivity index (χ1) is 8.16. The van der Waals surface area contributed by atoms with Crippen molar-refractivity contribution in [2.45, 2.75) is 0 Å². The Bertz CT molecular complexity index is 562. The van der Waals surface area contributed by atoms with Gasteiger partial charge in [0.15, 0.2) is 0 Å². The normalized spacial score (nSPS) is 10.9. The summed E-state index contributed by atoms with van der Waals surface area (Å²) in [7, 11) is 0. The Balaban J connectivity index is 2.48. The number of aromatic nitrogens is 2. The first-order valence-corrected chi connectivity index (χ1v) is 5.67. The lowest BCUT2D eigenvalue weighted by atomic mass is 10.1. The molecule has 1 aromatic heterocycles. The lowest BCUT2D eigenvalue weighted by molar-refractivity contribution is -0.131. The van der Waals surface area contributed by atoms with E-state index in [9.17, 15) is 4.79 Å². The van der Waals surface area contributed by atoms with E-state index in [1.54, 1.807) is 23.2 Å². The van der Waals surface area contributed by atoms with Gasteiger partial charge in [-0.25, -0.2) is 9.48 Å². The standard InChI is InChI=1S/C12H9BrN2O2/c13-10-3-4-11(15-7-1-6-14-15)9(8-10)2-5-12(16)17/h1-8H,(H,16,17)/b5-2+. The summed E-state index contributed by atoms with van der Waals surface area (Å²) in [4.78, 5) is 10.5. The lowest BCUT2D eigenvalue weighted by Gasteiger charge is -2.06. The number of carbonyl (C=O) groups is 1. The number of halogens is 1. The van der Waals surface area contributed by atoms with Crippen molar-refractivity contribution in [2.75, 3.05) is 0 Å². The summed E-state index contributed by atoms with van der Waals surface area (Å²) in [6.07, 6.45) is 6.13. The van der Waals surface area contributed by atoms with Crippen LogP contribution in [0.25, 0.3) is 11.8 Å². The van der Waals surface area contributed by atoms with Crippen LogP contribution in [0.1, 0.15) is 5.56 Å². The summed E-state index contributed by atoms with van der Waals surface area (Å²) < 4.78 is 2.58. The number of carboxylic acid groups (broad SMARTS) is 1. The summed E-state index contributed by atoms with van der Waals surface area (Å²) in [6.45, 7) is 0. The molecule has 0 spiro atoms. The van der Waals surface area contributed by atoms with Crippen molar-refractivity contribution in [3.8, 4) is 5.69 Å². The molecule has 1 N–H and O–H groups in total. The van der Waals surface area contributed by atoms with Gasteiger partial charge in [-0.1, -0.05) is 15.9 Å². The van der Waals surface area contributed by atoms with Gasteiger partial charge >= 0.3 is 5.97 Å². The maximum Gasteiger partial charge on any atom is 0.328 e. The molecule has 0 fully saturated rings. The topological polar surface area (TPSA) is 55.1 Å². The van der Waals surface area contributed by atoms with E-state index in [2.05, 4.69) is 21.0 Å². The Hall–Kier alpha value is -1.88. The van der Waals surface area contributed by atoms with Crippen molar-refractivity contribution in [1.29, 1.82) is 0 Å². The predicted octanol–water partition coefficient (Wildman–Crippen LogP) is 2.73. The molecule has 17 heavy (non-hydrogen) atoms. The molecule has 2 rings (SSSR count). The van der Waals surface area contributed by atoms with Gasteiger partial charge in [-0.2, -0.15) is 5.10 Å². The van der Waals surface area contributed by atoms with Crippen molar-refractivity contribution in [3.63, 3.8) is 0 Å². The quantitative estimate of drug-likeness (QED) is 0.885. The van der Waals surface area contributed by atoms with Crippen LogP contribution in [0.4, 0.5) is 0 Å². The van der Waals surface area contributed by atoms with Crippen molar-refractivity contribution < 1.29 is 9.90 Å². The molecular formula is C12H9BrN2O2. The lowest BCUT2D eigenvalue weighted by Crippen LogP contribution is -1.97. The molecule has 1 heterocycles. The zero-order valence-electron chi connectivity index (χ0n) is 8.75. The zero-order chi connectivity index (χ0) is 12.3. The Labute approximate surface area is 106 Å². The maximum absolute atomic E-state index is 10.5. The number of rotatable bonds is 3. The largest absolute Gasteiger partial charge is 0.478 e. The molecule has 0 saturated carbocycles. The highest BCUT2D eigenvalue weighted by Gasteiger charge is 2.03. The van der Waals surface area contributed by atoms with Crippen LogP contribution in [-0.2, 0) is 4.79 Å². The average Bonchev–Trinajstić information content (AvgIpc) is 2.80. The molecule has 0 aliphatic rings. The number of aliphatic carboxylic acids is 1. The molecule has 0 radical (unpaired) electrons. The predicted molar refractivity (Wildman–Crippen MR) is 67.9 cm³/mol. The van der Waals surface area contributed by atoms with Gasteiger partial charge in [0, 0.05) is 28.5 Å². The molecule has 0 amide bonds. The summed E-state index contributed by atoms with van der Waals surface area (Å²) >= 11 is 3.36. The van der Waals surface area contributed by atoms with Gasteiger partial charge in [-0.3, -0.25) is 0 Å². The van der Waals surface area contributed by atoms with Crippen LogP contribution in [0.5, 0.6) is 0 Å². The number of benzene rings is 1. The number of hydrogen-bond acceptors (Lipinski definition) is 2. The average molecular weight is 293 g/mol. The fourth-order valence-electron chi connectivity index (χ4n) is 1.44. The van der Waals surface area contributed by atoms with Crippen molar-refractivity contribution in [2.24, 2.45) is 0 Å². The molecule has 0 atom stereocenters. The van der Waals surface area contributed by atoms with E-state index in [0.29, 0.717) is 0 Å². The Morgan fingerprint density at radius 1 is 1.47 bits per heavy atom. The third-order valence-electron chi connectivity index (χ3n) is 2.15. The molecular weight excluding hydrogens is 284 g/mol. The number of carboxylic acids is 1. The summed E-state index contributed by atoms with van der Waals surface area (Å²) in [5.74, 6) is -0.976. The monoisotopic (exact) mass is 292 g/mol. The van der Waals surface area contributed by atoms with Gasteiger partial charge in [0.1, 0.15) is 0 Å². The first-order valence-electron chi connectivity index (χ1n) is 4.87. The van der Waals surface area contributed by atoms with Gasteiger partial charge in [-0.15, -0.1) is 0 Å². The van der Waals surface area contributed by atoms with E-state index in [0.717, 1.165) is 21.8 Å². The van der Waals surface area contributed by atoms with Gasteiger partial charge in [0.2, 0.25) is 0 Å². The molecule has 0 bridgehead atoms. The Morgan fingerprint density at radius 2 is 2.29 bits per heavy atom. The number of nitrogens with zero attached hydrogens (tertiary/aromatic N) is 2. The molecule has 0 saturated heterocycles. The van der Waals surface area contributed by atoms with Crippen LogP contribution >= 0.6 is 15.9 Å². The third-order valence-corrected chi connectivity index (χ3v) is 2.64. The summed E-state index contributed by atoms with van der Waals surface area (Å²) in [5.41, 5.74) is 1.61. The highest BCUT2D eigenvalue weighted by Crippen LogP contribution is 2.20. The minimum absolute atomic E-state index is 0.783. The minimum atomic E-state index is -0.976. The second-order valence-corrected chi connectivity index (χ2v) is 4.24. The highest BCUT2D eigenvalue weighted by molar-refractivity contribution is 9.10. The second kappa shape index (κ2) is 4.97. The highest BCUT2D eigenvalue weighted by atomic mass is 79.9. The fraction of sp³-hybridized carbons (Fsp3) is 0. The summed E-state index contributed by atoms with van der Waals surface area (Å²) in [5, 5.41) is 12.8. The number of hydrogen-bond donors (Lipinski definition) is 1. The van der Waals surface area contributed by atoms with Crippen molar-refractivity contribution in [3.05, 3.63) is 52.8 Å². The zero-order valence-corrected chi connectivity index (χ0v) is 10.3. The third kappa shape index (κ3) is 2.82. The Kier molecular flexibility index (Phi) is 3.39. The van der Waals surface area contributed by atoms with Crippen molar-refractivity contribution in [1.82, 2.24) is 9.78 Å². The SMILES string of the molecule is O=C(O)/C=C/c1cc(Br)ccc1-n1cccn1. The maximum atomic E-state index is 10.5. The molecule has 0 unspecified atom stereocenters. The van der Waals surface area contributed by atoms with E-state index in [1.807, 2.05) is 24.3 Å². The van der Waals surface area contributed by atoms with Crippen LogP contribution in [0, 0.1) is 0 Å². The molecule has 0 aliphatic heterocycles. The second-order valence-electron chi connectivity index (χ2n) is 3.33. The van der Waals surface area contributed by atoms with Crippen LogP contribution in [-0.4, -0.2) is 20.9 Å². The molecule has 5 heteroatoms. The van der Waals surface area contributed by atoms with E-state index < -0.39 is 5.97 Å². The van der Waals surface area contributed by atoms with Gasteiger partial charge in [0.05, 0.1) is 5.69 Å². The van der Waals surface area contributed by atoms with Crippen LogP contribution in [0.3, 0.4) is 0 Å². The van der Waals surface area contributed by atoms with E-state index in [4.69, 9.17) is 5.11 Å².